The Bertz CT molecular complexity index is 1110. The minimum Gasteiger partial charge on any atom is -0.494 e. The molecule has 0 unspecified atom stereocenters. The predicted octanol–water partition coefficient (Wildman–Crippen LogP) is 4.59. The average Bonchev–Trinajstić information content (AvgIpc) is 3.54. The summed E-state index contributed by atoms with van der Waals surface area (Å²) in [7, 11) is 4.74. The fourth-order valence-corrected chi connectivity index (χ4v) is 4.93. The number of carbonyl (C=O) groups excluding carboxylic acids is 1. The second-order valence-electron chi connectivity index (χ2n) is 7.71. The highest BCUT2D eigenvalue weighted by Crippen LogP contribution is 2.46. The van der Waals surface area contributed by atoms with E-state index in [1.165, 1.54) is 11.3 Å². The Kier molecular flexibility index (Phi) is 7.54. The molecule has 1 saturated heterocycles. The van der Waals surface area contributed by atoms with Crippen molar-refractivity contribution in [3.05, 3.63) is 36.4 Å². The van der Waals surface area contributed by atoms with E-state index in [1.54, 1.807) is 21.3 Å². The van der Waals surface area contributed by atoms with Gasteiger partial charge in [0.2, 0.25) is 11.7 Å². The van der Waals surface area contributed by atoms with E-state index in [0.29, 0.717) is 29.0 Å². The zero-order valence-corrected chi connectivity index (χ0v) is 20.6. The number of aromatic nitrogens is 1. The molecule has 2 N–H and O–H groups in total. The van der Waals surface area contributed by atoms with Gasteiger partial charge in [-0.05, 0) is 62.7 Å². The smallest absolute Gasteiger partial charge is 0.243 e. The first kappa shape index (κ1) is 23.8. The van der Waals surface area contributed by atoms with Gasteiger partial charge in [0.25, 0.3) is 0 Å². The summed E-state index contributed by atoms with van der Waals surface area (Å²) in [5, 5.41) is 6.75. The molecule has 1 aliphatic heterocycles. The van der Waals surface area contributed by atoms with Crippen LogP contribution in [0, 0.1) is 0 Å². The molecular weight excluding hydrogens is 454 g/mol. The summed E-state index contributed by atoms with van der Waals surface area (Å²) in [6.07, 6.45) is 1.81. The molecule has 0 aliphatic carbocycles. The summed E-state index contributed by atoms with van der Waals surface area (Å²) in [6, 6.07) is 11.3. The molecule has 3 aromatic rings. The Morgan fingerprint density at radius 3 is 2.35 bits per heavy atom. The number of nitrogens with zero attached hydrogens (tertiary/aromatic N) is 1. The molecule has 1 amide bonds. The summed E-state index contributed by atoms with van der Waals surface area (Å²) in [6.45, 7) is 3.40. The number of benzene rings is 2. The van der Waals surface area contributed by atoms with E-state index >= 15 is 0 Å². The standard InChI is InChI=1S/C25H29N3O5S/c1-5-33-17-10-8-15(9-11-17)21-23(16-13-19(30-2)22(32-4)20(14-16)31-3)34-25(27-21)28-24(29)18-7-6-12-26-18/h8-11,13-14,18,26H,5-7,12H2,1-4H3,(H,27,28,29)/t18-/m0/s1. The van der Waals surface area contributed by atoms with Crippen molar-refractivity contribution >= 4 is 22.4 Å². The van der Waals surface area contributed by atoms with Gasteiger partial charge in [0, 0.05) is 11.1 Å². The normalized spacial score (nSPS) is 15.1. The van der Waals surface area contributed by atoms with Gasteiger partial charge in [-0.3, -0.25) is 4.79 Å². The first-order chi connectivity index (χ1) is 16.6. The fraction of sp³-hybridized carbons (Fsp3) is 0.360. The Labute approximate surface area is 203 Å². The van der Waals surface area contributed by atoms with E-state index in [4.69, 9.17) is 23.9 Å². The van der Waals surface area contributed by atoms with E-state index in [9.17, 15) is 4.79 Å². The van der Waals surface area contributed by atoms with E-state index in [1.807, 2.05) is 43.3 Å². The lowest BCUT2D eigenvalue weighted by atomic mass is 10.1. The Balaban J connectivity index is 1.78. The number of nitrogens with one attached hydrogen (secondary N) is 2. The molecule has 1 fully saturated rings. The van der Waals surface area contributed by atoms with Crippen molar-refractivity contribution in [3.63, 3.8) is 0 Å². The van der Waals surface area contributed by atoms with Crippen LogP contribution in [0.5, 0.6) is 23.0 Å². The summed E-state index contributed by atoms with van der Waals surface area (Å²) in [5.74, 6) is 2.33. The number of hydrogen-bond donors (Lipinski definition) is 2. The molecular formula is C25H29N3O5S. The van der Waals surface area contributed by atoms with Crippen molar-refractivity contribution in [1.29, 1.82) is 0 Å². The summed E-state index contributed by atoms with van der Waals surface area (Å²) >= 11 is 1.41. The van der Waals surface area contributed by atoms with Gasteiger partial charge >= 0.3 is 0 Å². The highest BCUT2D eigenvalue weighted by molar-refractivity contribution is 7.19. The number of ether oxygens (including phenoxy) is 4. The second-order valence-corrected chi connectivity index (χ2v) is 8.71. The number of methoxy groups -OCH3 is 3. The number of anilines is 1. The zero-order chi connectivity index (χ0) is 24.1. The van der Waals surface area contributed by atoms with Gasteiger partial charge in [-0.25, -0.2) is 4.98 Å². The minimum absolute atomic E-state index is 0.0686. The van der Waals surface area contributed by atoms with Crippen LogP contribution in [0.15, 0.2) is 36.4 Å². The third-order valence-corrected chi connectivity index (χ3v) is 6.62. The van der Waals surface area contributed by atoms with Crippen LogP contribution in [0.2, 0.25) is 0 Å². The maximum absolute atomic E-state index is 12.7. The van der Waals surface area contributed by atoms with Gasteiger partial charge < -0.3 is 29.6 Å². The molecule has 1 aromatic heterocycles. The molecule has 0 bridgehead atoms. The fourth-order valence-electron chi connectivity index (χ4n) is 3.95. The molecule has 2 aromatic carbocycles. The van der Waals surface area contributed by atoms with Crippen molar-refractivity contribution in [2.24, 2.45) is 0 Å². The molecule has 2 heterocycles. The lowest BCUT2D eigenvalue weighted by Gasteiger charge is -2.14. The molecule has 0 radical (unpaired) electrons. The topological polar surface area (TPSA) is 90.9 Å². The van der Waals surface area contributed by atoms with Crippen LogP contribution in [0.25, 0.3) is 21.7 Å². The van der Waals surface area contributed by atoms with Crippen LogP contribution < -0.4 is 29.6 Å². The molecule has 0 spiro atoms. The van der Waals surface area contributed by atoms with E-state index in [-0.39, 0.29) is 11.9 Å². The first-order valence-corrected chi connectivity index (χ1v) is 12.0. The molecule has 34 heavy (non-hydrogen) atoms. The lowest BCUT2D eigenvalue weighted by Crippen LogP contribution is -2.35. The van der Waals surface area contributed by atoms with Crippen molar-refractivity contribution in [3.8, 4) is 44.7 Å². The monoisotopic (exact) mass is 483 g/mol. The average molecular weight is 484 g/mol. The van der Waals surface area contributed by atoms with Crippen LogP contribution in [-0.4, -0.2) is 51.4 Å². The number of amides is 1. The number of rotatable bonds is 9. The quantitative estimate of drug-likeness (QED) is 0.460. The van der Waals surface area contributed by atoms with Crippen molar-refractivity contribution < 1.29 is 23.7 Å². The van der Waals surface area contributed by atoms with E-state index in [0.717, 1.165) is 46.8 Å². The van der Waals surface area contributed by atoms with Gasteiger partial charge in [-0.2, -0.15) is 0 Å². The molecule has 9 heteroatoms. The Morgan fingerprint density at radius 2 is 1.79 bits per heavy atom. The van der Waals surface area contributed by atoms with Gasteiger partial charge in [0.05, 0.1) is 44.5 Å². The van der Waals surface area contributed by atoms with Gasteiger partial charge in [0.1, 0.15) is 5.75 Å². The maximum Gasteiger partial charge on any atom is 0.243 e. The third-order valence-electron chi connectivity index (χ3n) is 5.60. The molecule has 1 atom stereocenters. The van der Waals surface area contributed by atoms with Crippen molar-refractivity contribution in [1.82, 2.24) is 10.3 Å². The lowest BCUT2D eigenvalue weighted by molar-refractivity contribution is -0.117. The van der Waals surface area contributed by atoms with Crippen LogP contribution in [0.1, 0.15) is 19.8 Å². The Hall–Kier alpha value is -3.30. The second kappa shape index (κ2) is 10.8. The summed E-state index contributed by atoms with van der Waals surface area (Å²) < 4.78 is 22.2. The van der Waals surface area contributed by atoms with Gasteiger partial charge in [-0.1, -0.05) is 11.3 Å². The van der Waals surface area contributed by atoms with Crippen LogP contribution in [0.3, 0.4) is 0 Å². The minimum atomic E-state index is -0.192. The zero-order valence-electron chi connectivity index (χ0n) is 19.8. The van der Waals surface area contributed by atoms with Crippen LogP contribution in [-0.2, 0) is 4.79 Å². The summed E-state index contributed by atoms with van der Waals surface area (Å²) in [5.41, 5.74) is 2.50. The van der Waals surface area contributed by atoms with Crippen LogP contribution >= 0.6 is 11.3 Å². The van der Waals surface area contributed by atoms with Gasteiger partial charge in [-0.15, -0.1) is 0 Å². The highest BCUT2D eigenvalue weighted by Gasteiger charge is 2.25. The highest BCUT2D eigenvalue weighted by atomic mass is 32.1. The molecule has 4 rings (SSSR count). The number of thiazole rings is 1. The first-order valence-electron chi connectivity index (χ1n) is 11.2. The largest absolute Gasteiger partial charge is 0.494 e. The van der Waals surface area contributed by atoms with E-state index in [2.05, 4.69) is 10.6 Å². The Morgan fingerprint density at radius 1 is 1.09 bits per heavy atom. The number of carbonyl (C=O) groups is 1. The molecule has 8 nitrogen and oxygen atoms in total. The van der Waals surface area contributed by atoms with Gasteiger partial charge in [0.15, 0.2) is 16.6 Å². The predicted molar refractivity (Wildman–Crippen MR) is 133 cm³/mol. The van der Waals surface area contributed by atoms with Crippen molar-refractivity contribution in [2.75, 3.05) is 39.8 Å². The maximum atomic E-state index is 12.7. The number of hydrogen-bond acceptors (Lipinski definition) is 8. The van der Waals surface area contributed by atoms with E-state index < -0.39 is 0 Å². The third kappa shape index (κ3) is 4.95. The summed E-state index contributed by atoms with van der Waals surface area (Å²) in [4.78, 5) is 18.4. The van der Waals surface area contributed by atoms with Crippen LogP contribution in [0.4, 0.5) is 5.13 Å². The molecule has 180 valence electrons. The van der Waals surface area contributed by atoms with Crippen molar-refractivity contribution in [2.45, 2.75) is 25.8 Å². The molecule has 0 saturated carbocycles. The molecule has 1 aliphatic rings. The SMILES string of the molecule is CCOc1ccc(-c2nc(NC(=O)[C@@H]3CCCN3)sc2-c2cc(OC)c(OC)c(OC)c2)cc1.